The summed E-state index contributed by atoms with van der Waals surface area (Å²) in [5.41, 5.74) is 2.08. The summed E-state index contributed by atoms with van der Waals surface area (Å²) in [6, 6.07) is 12.2. The Bertz CT molecular complexity index is 411. The quantitative estimate of drug-likeness (QED) is 0.893. The second kappa shape index (κ2) is 5.26. The minimum Gasteiger partial charge on any atom is -0.311 e. The molecule has 2 unspecified atom stereocenters. The van der Waals surface area contributed by atoms with Gasteiger partial charge >= 0.3 is 0 Å². The second-order valence-electron chi connectivity index (χ2n) is 6.88. The summed E-state index contributed by atoms with van der Waals surface area (Å²) < 4.78 is 0. The van der Waals surface area contributed by atoms with Crippen molar-refractivity contribution in [3.63, 3.8) is 0 Å². The lowest BCUT2D eigenvalue weighted by atomic mass is 10.00. The number of piperazine rings is 1. The molecule has 0 radical (unpaired) electrons. The highest BCUT2D eigenvalue weighted by atomic mass is 15.2. The fraction of sp³-hybridized carbons (Fsp3) is 0.647. The van der Waals surface area contributed by atoms with Crippen molar-refractivity contribution >= 4 is 0 Å². The number of nitrogens with one attached hydrogen (secondary N) is 1. The smallest absolute Gasteiger partial charge is 0.0236 e. The largest absolute Gasteiger partial charge is 0.311 e. The van der Waals surface area contributed by atoms with Gasteiger partial charge in [0.25, 0.3) is 0 Å². The van der Waals surface area contributed by atoms with Crippen LogP contribution < -0.4 is 5.32 Å². The van der Waals surface area contributed by atoms with Gasteiger partial charge in [-0.25, -0.2) is 0 Å². The van der Waals surface area contributed by atoms with E-state index >= 15 is 0 Å². The van der Waals surface area contributed by atoms with E-state index in [0.717, 1.165) is 13.0 Å². The minimum atomic E-state index is 0.612. The molecule has 1 heterocycles. The first-order chi connectivity index (χ1) is 9.15. The van der Waals surface area contributed by atoms with Crippen molar-refractivity contribution in [1.82, 2.24) is 10.2 Å². The summed E-state index contributed by atoms with van der Waals surface area (Å²) in [5.74, 6) is 0. The molecule has 0 aromatic heterocycles. The minimum absolute atomic E-state index is 0.612. The molecular weight excluding hydrogens is 232 g/mol. The average Bonchev–Trinajstić information content (AvgIpc) is 3.13. The van der Waals surface area contributed by atoms with E-state index < -0.39 is 0 Å². The van der Waals surface area contributed by atoms with Crippen LogP contribution in [0.15, 0.2) is 30.3 Å². The predicted molar refractivity (Wildman–Crippen MR) is 80.3 cm³/mol. The van der Waals surface area contributed by atoms with Crippen molar-refractivity contribution in [3.05, 3.63) is 35.9 Å². The Morgan fingerprint density at radius 2 is 2.00 bits per heavy atom. The monoisotopic (exact) mass is 258 g/mol. The third-order valence-corrected chi connectivity index (χ3v) is 4.79. The zero-order valence-electron chi connectivity index (χ0n) is 12.2. The number of nitrogens with zero attached hydrogens (tertiary/aromatic N) is 1. The van der Waals surface area contributed by atoms with Crippen LogP contribution in [-0.2, 0) is 6.42 Å². The number of hydrogen-bond donors (Lipinski definition) is 1. The summed E-state index contributed by atoms with van der Waals surface area (Å²) in [6.07, 6.45) is 4.00. The Kier molecular flexibility index (Phi) is 3.64. The topological polar surface area (TPSA) is 15.3 Å². The number of benzene rings is 1. The first-order valence-corrected chi connectivity index (χ1v) is 7.66. The van der Waals surface area contributed by atoms with Crippen LogP contribution in [-0.4, -0.2) is 36.6 Å². The first-order valence-electron chi connectivity index (χ1n) is 7.66. The van der Waals surface area contributed by atoms with Gasteiger partial charge in [0.2, 0.25) is 0 Å². The van der Waals surface area contributed by atoms with E-state index in [1.54, 1.807) is 0 Å². The van der Waals surface area contributed by atoms with Gasteiger partial charge in [-0.1, -0.05) is 37.3 Å². The van der Waals surface area contributed by atoms with Crippen LogP contribution in [0.3, 0.4) is 0 Å². The summed E-state index contributed by atoms with van der Waals surface area (Å²) in [5, 5.41) is 3.71. The van der Waals surface area contributed by atoms with Crippen molar-refractivity contribution in [1.29, 1.82) is 0 Å². The molecule has 1 saturated heterocycles. The molecule has 1 aromatic carbocycles. The average molecular weight is 258 g/mol. The zero-order valence-corrected chi connectivity index (χ0v) is 12.2. The van der Waals surface area contributed by atoms with E-state index in [-0.39, 0.29) is 0 Å². The van der Waals surface area contributed by atoms with Crippen LogP contribution in [0.5, 0.6) is 0 Å². The molecule has 2 atom stereocenters. The molecule has 19 heavy (non-hydrogen) atoms. The molecule has 2 fully saturated rings. The molecule has 104 valence electrons. The molecule has 1 aromatic rings. The van der Waals surface area contributed by atoms with E-state index in [1.807, 2.05) is 0 Å². The van der Waals surface area contributed by atoms with Gasteiger partial charge < -0.3 is 5.32 Å². The van der Waals surface area contributed by atoms with Gasteiger partial charge in [-0.15, -0.1) is 0 Å². The summed E-state index contributed by atoms with van der Waals surface area (Å²) in [6.45, 7) is 8.42. The van der Waals surface area contributed by atoms with E-state index in [4.69, 9.17) is 0 Å². The molecule has 1 saturated carbocycles. The summed E-state index contributed by atoms with van der Waals surface area (Å²) >= 11 is 0. The van der Waals surface area contributed by atoms with Gasteiger partial charge in [0.05, 0.1) is 0 Å². The van der Waals surface area contributed by atoms with Crippen LogP contribution >= 0.6 is 0 Å². The van der Waals surface area contributed by atoms with Crippen molar-refractivity contribution in [2.24, 2.45) is 5.41 Å². The van der Waals surface area contributed by atoms with E-state index in [9.17, 15) is 0 Å². The maximum atomic E-state index is 3.71. The maximum Gasteiger partial charge on any atom is 0.0236 e. The van der Waals surface area contributed by atoms with Gasteiger partial charge in [-0.3, -0.25) is 4.90 Å². The molecule has 1 N–H and O–H groups in total. The molecule has 0 bridgehead atoms. The van der Waals surface area contributed by atoms with Crippen LogP contribution in [0.25, 0.3) is 0 Å². The molecule has 2 heteroatoms. The Hall–Kier alpha value is -0.860. The Labute approximate surface area is 117 Å². The van der Waals surface area contributed by atoms with Crippen LogP contribution in [0.4, 0.5) is 0 Å². The predicted octanol–water partition coefficient (Wildman–Crippen LogP) is 2.69. The normalized spacial score (nSPS) is 30.2. The fourth-order valence-corrected chi connectivity index (χ4v) is 3.11. The van der Waals surface area contributed by atoms with Gasteiger partial charge in [-0.05, 0) is 37.2 Å². The first kappa shape index (κ1) is 13.1. The van der Waals surface area contributed by atoms with Gasteiger partial charge in [-0.2, -0.15) is 0 Å². The Morgan fingerprint density at radius 3 is 2.68 bits per heavy atom. The SMILES string of the molecule is CC1CNC(Cc2ccccc2)CN1CC1(C)CC1. The number of hydrogen-bond acceptors (Lipinski definition) is 2. The van der Waals surface area contributed by atoms with Crippen molar-refractivity contribution in [2.45, 2.75) is 45.2 Å². The van der Waals surface area contributed by atoms with Crippen molar-refractivity contribution in [2.75, 3.05) is 19.6 Å². The van der Waals surface area contributed by atoms with Gasteiger partial charge in [0, 0.05) is 31.7 Å². The van der Waals surface area contributed by atoms with E-state index in [1.165, 1.54) is 31.5 Å². The van der Waals surface area contributed by atoms with Crippen molar-refractivity contribution < 1.29 is 0 Å². The second-order valence-corrected chi connectivity index (χ2v) is 6.88. The van der Waals surface area contributed by atoms with Gasteiger partial charge in [0.1, 0.15) is 0 Å². The van der Waals surface area contributed by atoms with Gasteiger partial charge in [0.15, 0.2) is 0 Å². The lowest BCUT2D eigenvalue weighted by Crippen LogP contribution is -2.57. The molecule has 0 spiro atoms. The van der Waals surface area contributed by atoms with Crippen LogP contribution in [0, 0.1) is 5.41 Å². The maximum absolute atomic E-state index is 3.71. The standard InChI is InChI=1S/C17H26N2/c1-14-11-18-16(10-15-6-4-3-5-7-15)12-19(14)13-17(2)8-9-17/h3-7,14,16,18H,8-13H2,1-2H3. The molecule has 1 aliphatic heterocycles. The zero-order chi connectivity index (χ0) is 13.3. The Morgan fingerprint density at radius 1 is 1.26 bits per heavy atom. The molecular formula is C17H26N2. The van der Waals surface area contributed by atoms with Crippen LogP contribution in [0.1, 0.15) is 32.3 Å². The third-order valence-electron chi connectivity index (χ3n) is 4.79. The summed E-state index contributed by atoms with van der Waals surface area (Å²) in [7, 11) is 0. The Balaban J connectivity index is 1.58. The molecule has 3 rings (SSSR count). The van der Waals surface area contributed by atoms with Crippen molar-refractivity contribution in [3.8, 4) is 0 Å². The molecule has 2 nitrogen and oxygen atoms in total. The number of rotatable bonds is 4. The lowest BCUT2D eigenvalue weighted by Gasteiger charge is -2.40. The van der Waals surface area contributed by atoms with E-state index in [0.29, 0.717) is 17.5 Å². The molecule has 0 amide bonds. The highest BCUT2D eigenvalue weighted by Crippen LogP contribution is 2.45. The molecule has 1 aliphatic carbocycles. The van der Waals surface area contributed by atoms with E-state index in [2.05, 4.69) is 54.4 Å². The fourth-order valence-electron chi connectivity index (χ4n) is 3.11. The summed E-state index contributed by atoms with van der Waals surface area (Å²) in [4.78, 5) is 2.71. The third kappa shape index (κ3) is 3.37. The highest BCUT2D eigenvalue weighted by Gasteiger charge is 2.40. The lowest BCUT2D eigenvalue weighted by molar-refractivity contribution is 0.117. The molecule has 2 aliphatic rings. The van der Waals surface area contributed by atoms with Crippen LogP contribution in [0.2, 0.25) is 0 Å². The highest BCUT2D eigenvalue weighted by molar-refractivity contribution is 5.16.